The molecule has 1 aliphatic rings. The molecular weight excluding hydrogens is 166 g/mol. The van der Waals surface area contributed by atoms with Crippen molar-refractivity contribution in [2.24, 2.45) is 10.6 Å². The molecule has 0 radical (unpaired) electrons. The van der Waals surface area contributed by atoms with Crippen molar-refractivity contribution in [3.63, 3.8) is 0 Å². The molecule has 0 spiro atoms. The average Bonchev–Trinajstić information content (AvgIpc) is 2.52. The standard InChI is InChI=1S/C10H19NO2/c1-8(11-13)9(2,3)10(12)6-4-5-7-10/h12-13H,4-7H2,1-3H3/b11-8+. The van der Waals surface area contributed by atoms with Gasteiger partial charge in [-0.3, -0.25) is 0 Å². The zero-order chi connectivity index (χ0) is 10.1. The number of aliphatic hydroxyl groups is 1. The van der Waals surface area contributed by atoms with Crippen LogP contribution in [0.2, 0.25) is 0 Å². The molecule has 0 aromatic rings. The summed E-state index contributed by atoms with van der Waals surface area (Å²) >= 11 is 0. The minimum atomic E-state index is -0.677. The van der Waals surface area contributed by atoms with E-state index in [1.165, 1.54) is 0 Å². The lowest BCUT2D eigenvalue weighted by Gasteiger charge is -2.39. The third-order valence-electron chi connectivity index (χ3n) is 3.65. The van der Waals surface area contributed by atoms with Crippen molar-refractivity contribution in [1.29, 1.82) is 0 Å². The summed E-state index contributed by atoms with van der Waals surface area (Å²) in [6.07, 6.45) is 3.76. The first kappa shape index (κ1) is 10.5. The summed E-state index contributed by atoms with van der Waals surface area (Å²) in [4.78, 5) is 0. The summed E-state index contributed by atoms with van der Waals surface area (Å²) < 4.78 is 0. The van der Waals surface area contributed by atoms with Gasteiger partial charge in [-0.05, 0) is 19.8 Å². The monoisotopic (exact) mass is 185 g/mol. The van der Waals surface area contributed by atoms with E-state index in [2.05, 4.69) is 5.16 Å². The lowest BCUT2D eigenvalue weighted by molar-refractivity contribution is -0.0272. The molecule has 0 bridgehead atoms. The summed E-state index contributed by atoms with van der Waals surface area (Å²) in [5.74, 6) is 0. The third kappa shape index (κ3) is 1.57. The maximum absolute atomic E-state index is 10.3. The molecule has 0 saturated heterocycles. The number of rotatable bonds is 2. The fourth-order valence-corrected chi connectivity index (χ4v) is 2.05. The molecule has 2 N–H and O–H groups in total. The highest BCUT2D eigenvalue weighted by molar-refractivity contribution is 5.88. The van der Waals surface area contributed by atoms with Gasteiger partial charge in [0.15, 0.2) is 0 Å². The van der Waals surface area contributed by atoms with E-state index in [1.807, 2.05) is 13.8 Å². The summed E-state index contributed by atoms with van der Waals surface area (Å²) in [5.41, 5.74) is -0.487. The van der Waals surface area contributed by atoms with Gasteiger partial charge in [0.2, 0.25) is 0 Å². The summed E-state index contributed by atoms with van der Waals surface area (Å²) in [6, 6.07) is 0. The van der Waals surface area contributed by atoms with Crippen LogP contribution in [0.3, 0.4) is 0 Å². The Hall–Kier alpha value is -0.570. The predicted octanol–water partition coefficient (Wildman–Crippen LogP) is 2.17. The van der Waals surface area contributed by atoms with Crippen molar-refractivity contribution in [3.8, 4) is 0 Å². The smallest absolute Gasteiger partial charge is 0.0751 e. The van der Waals surface area contributed by atoms with Gasteiger partial charge < -0.3 is 10.3 Å². The van der Waals surface area contributed by atoms with E-state index in [9.17, 15) is 5.11 Å². The van der Waals surface area contributed by atoms with Gasteiger partial charge in [0.05, 0.1) is 11.3 Å². The Morgan fingerprint density at radius 1 is 1.31 bits per heavy atom. The number of nitrogens with zero attached hydrogens (tertiary/aromatic N) is 1. The van der Waals surface area contributed by atoms with Crippen LogP contribution in [0.5, 0.6) is 0 Å². The van der Waals surface area contributed by atoms with Gasteiger partial charge in [0.1, 0.15) is 0 Å². The first-order valence-electron chi connectivity index (χ1n) is 4.85. The molecule has 0 unspecified atom stereocenters. The molecule has 0 aromatic heterocycles. The molecule has 3 nitrogen and oxygen atoms in total. The van der Waals surface area contributed by atoms with Crippen LogP contribution in [-0.4, -0.2) is 21.6 Å². The second-order valence-electron chi connectivity index (χ2n) is 4.55. The molecule has 1 fully saturated rings. The van der Waals surface area contributed by atoms with Crippen LogP contribution in [0.15, 0.2) is 5.16 Å². The molecule has 0 amide bonds. The van der Waals surface area contributed by atoms with E-state index in [4.69, 9.17) is 5.21 Å². The van der Waals surface area contributed by atoms with Crippen LogP contribution in [0, 0.1) is 5.41 Å². The lowest BCUT2D eigenvalue weighted by Crippen LogP contribution is -2.46. The van der Waals surface area contributed by atoms with E-state index < -0.39 is 11.0 Å². The molecule has 1 aliphatic carbocycles. The quantitative estimate of drug-likeness (QED) is 0.393. The van der Waals surface area contributed by atoms with Gasteiger partial charge in [-0.1, -0.05) is 31.8 Å². The molecule has 0 aromatic carbocycles. The normalized spacial score (nSPS) is 23.5. The van der Waals surface area contributed by atoms with Gasteiger partial charge in [-0.25, -0.2) is 0 Å². The number of hydrogen-bond acceptors (Lipinski definition) is 3. The Bertz CT molecular complexity index is 215. The average molecular weight is 185 g/mol. The minimum Gasteiger partial charge on any atom is -0.411 e. The fraction of sp³-hybridized carbons (Fsp3) is 0.900. The molecule has 76 valence electrons. The fourth-order valence-electron chi connectivity index (χ4n) is 2.05. The Morgan fingerprint density at radius 2 is 1.77 bits per heavy atom. The van der Waals surface area contributed by atoms with Gasteiger partial charge >= 0.3 is 0 Å². The summed E-state index contributed by atoms with van der Waals surface area (Å²) in [5, 5.41) is 22.3. The van der Waals surface area contributed by atoms with E-state index in [0.717, 1.165) is 25.7 Å². The van der Waals surface area contributed by atoms with Crippen LogP contribution in [-0.2, 0) is 0 Å². The van der Waals surface area contributed by atoms with Crippen molar-refractivity contribution < 1.29 is 10.3 Å². The van der Waals surface area contributed by atoms with Crippen LogP contribution in [0.4, 0.5) is 0 Å². The second-order valence-corrected chi connectivity index (χ2v) is 4.55. The Morgan fingerprint density at radius 3 is 2.15 bits per heavy atom. The predicted molar refractivity (Wildman–Crippen MR) is 52.1 cm³/mol. The van der Waals surface area contributed by atoms with E-state index in [0.29, 0.717) is 5.71 Å². The Labute approximate surface area is 79.5 Å². The highest BCUT2D eigenvalue weighted by Gasteiger charge is 2.47. The highest BCUT2D eigenvalue weighted by atomic mass is 16.4. The first-order valence-corrected chi connectivity index (χ1v) is 4.85. The van der Waals surface area contributed by atoms with Crippen molar-refractivity contribution in [1.82, 2.24) is 0 Å². The van der Waals surface area contributed by atoms with Gasteiger partial charge in [-0.15, -0.1) is 0 Å². The van der Waals surface area contributed by atoms with Crippen LogP contribution >= 0.6 is 0 Å². The lowest BCUT2D eigenvalue weighted by atomic mass is 9.71. The molecule has 3 heteroatoms. The molecule has 0 atom stereocenters. The van der Waals surface area contributed by atoms with Crippen LogP contribution in [0.25, 0.3) is 0 Å². The van der Waals surface area contributed by atoms with E-state index in [1.54, 1.807) is 6.92 Å². The van der Waals surface area contributed by atoms with Gasteiger partial charge in [0, 0.05) is 5.41 Å². The summed E-state index contributed by atoms with van der Waals surface area (Å²) in [7, 11) is 0. The highest BCUT2D eigenvalue weighted by Crippen LogP contribution is 2.44. The minimum absolute atomic E-state index is 0.418. The van der Waals surface area contributed by atoms with Crippen LogP contribution in [0.1, 0.15) is 46.5 Å². The van der Waals surface area contributed by atoms with Crippen LogP contribution < -0.4 is 0 Å². The Kier molecular flexibility index (Phi) is 2.66. The van der Waals surface area contributed by atoms with Gasteiger partial charge in [0.25, 0.3) is 0 Å². The summed E-state index contributed by atoms with van der Waals surface area (Å²) in [6.45, 7) is 5.64. The molecular formula is C10H19NO2. The molecule has 1 rings (SSSR count). The number of oxime groups is 1. The SMILES string of the molecule is C/C(=N\O)C(C)(C)C1(O)CCCC1. The molecule has 0 heterocycles. The van der Waals surface area contributed by atoms with Crippen molar-refractivity contribution in [2.75, 3.05) is 0 Å². The third-order valence-corrected chi connectivity index (χ3v) is 3.65. The largest absolute Gasteiger partial charge is 0.411 e. The zero-order valence-electron chi connectivity index (χ0n) is 8.67. The molecule has 13 heavy (non-hydrogen) atoms. The van der Waals surface area contributed by atoms with E-state index >= 15 is 0 Å². The molecule has 1 saturated carbocycles. The van der Waals surface area contributed by atoms with Crippen molar-refractivity contribution in [3.05, 3.63) is 0 Å². The van der Waals surface area contributed by atoms with Crippen molar-refractivity contribution in [2.45, 2.75) is 52.1 Å². The molecule has 0 aliphatic heterocycles. The van der Waals surface area contributed by atoms with E-state index in [-0.39, 0.29) is 0 Å². The Balaban J connectivity index is 2.90. The zero-order valence-corrected chi connectivity index (χ0v) is 8.67. The maximum atomic E-state index is 10.3. The topological polar surface area (TPSA) is 52.8 Å². The van der Waals surface area contributed by atoms with Gasteiger partial charge in [-0.2, -0.15) is 0 Å². The maximum Gasteiger partial charge on any atom is 0.0751 e. The number of hydrogen-bond donors (Lipinski definition) is 2. The second kappa shape index (κ2) is 3.29. The first-order chi connectivity index (χ1) is 5.94. The van der Waals surface area contributed by atoms with Crippen molar-refractivity contribution >= 4 is 5.71 Å².